The van der Waals surface area contributed by atoms with Crippen LogP contribution in [-0.4, -0.2) is 39.9 Å². The van der Waals surface area contributed by atoms with Gasteiger partial charge in [0.25, 0.3) is 5.91 Å². The Labute approximate surface area is 108 Å². The standard InChI is InChI=1S/C13H20N4O/c1-3-7-14-12-9-15-11(8-16-12)13(18)17(4-2)10-5-6-10/h8-10H,3-7H2,1-2H3,(H,14,16). The molecule has 0 bridgehead atoms. The number of amides is 1. The van der Waals surface area contributed by atoms with E-state index in [1.807, 2.05) is 11.8 Å². The van der Waals surface area contributed by atoms with E-state index >= 15 is 0 Å². The molecule has 1 N–H and O–H groups in total. The zero-order valence-corrected chi connectivity index (χ0v) is 11.0. The number of nitrogens with zero attached hydrogens (tertiary/aromatic N) is 3. The molecule has 1 amide bonds. The zero-order chi connectivity index (χ0) is 13.0. The molecule has 1 aromatic rings. The molecule has 98 valence electrons. The fourth-order valence-corrected chi connectivity index (χ4v) is 1.88. The molecule has 5 nitrogen and oxygen atoms in total. The quantitative estimate of drug-likeness (QED) is 0.835. The second-order valence-electron chi connectivity index (χ2n) is 4.54. The maximum Gasteiger partial charge on any atom is 0.274 e. The van der Waals surface area contributed by atoms with Crippen LogP contribution in [0.15, 0.2) is 12.4 Å². The van der Waals surface area contributed by atoms with Crippen LogP contribution in [0.2, 0.25) is 0 Å². The molecule has 1 saturated carbocycles. The molecule has 2 rings (SSSR count). The first kappa shape index (κ1) is 12.8. The molecule has 1 fully saturated rings. The molecule has 1 aliphatic rings. The van der Waals surface area contributed by atoms with Crippen molar-refractivity contribution in [1.82, 2.24) is 14.9 Å². The number of carbonyl (C=O) groups excluding carboxylic acids is 1. The highest BCUT2D eigenvalue weighted by Crippen LogP contribution is 2.27. The van der Waals surface area contributed by atoms with Crippen molar-refractivity contribution < 1.29 is 4.79 Å². The molecule has 0 aliphatic heterocycles. The van der Waals surface area contributed by atoms with Crippen molar-refractivity contribution >= 4 is 11.7 Å². The summed E-state index contributed by atoms with van der Waals surface area (Å²) >= 11 is 0. The van der Waals surface area contributed by atoms with E-state index in [4.69, 9.17) is 0 Å². The van der Waals surface area contributed by atoms with Gasteiger partial charge >= 0.3 is 0 Å². The van der Waals surface area contributed by atoms with Crippen LogP contribution in [-0.2, 0) is 0 Å². The Bertz CT molecular complexity index is 400. The smallest absolute Gasteiger partial charge is 0.274 e. The van der Waals surface area contributed by atoms with Gasteiger partial charge in [0, 0.05) is 19.1 Å². The second-order valence-corrected chi connectivity index (χ2v) is 4.54. The van der Waals surface area contributed by atoms with Crippen LogP contribution in [0.25, 0.3) is 0 Å². The van der Waals surface area contributed by atoms with Crippen LogP contribution in [0.5, 0.6) is 0 Å². The van der Waals surface area contributed by atoms with Crippen molar-refractivity contribution in [3.8, 4) is 0 Å². The highest BCUT2D eigenvalue weighted by molar-refractivity contribution is 5.92. The number of aromatic nitrogens is 2. The van der Waals surface area contributed by atoms with E-state index < -0.39 is 0 Å². The van der Waals surface area contributed by atoms with Gasteiger partial charge in [0.15, 0.2) is 0 Å². The molecule has 0 unspecified atom stereocenters. The largest absolute Gasteiger partial charge is 0.369 e. The van der Waals surface area contributed by atoms with E-state index in [0.29, 0.717) is 11.7 Å². The summed E-state index contributed by atoms with van der Waals surface area (Å²) in [6.07, 6.45) is 6.45. The first-order chi connectivity index (χ1) is 8.76. The zero-order valence-electron chi connectivity index (χ0n) is 11.0. The van der Waals surface area contributed by atoms with E-state index in [1.54, 1.807) is 12.4 Å². The molecule has 18 heavy (non-hydrogen) atoms. The summed E-state index contributed by atoms with van der Waals surface area (Å²) in [7, 11) is 0. The molecule has 5 heteroatoms. The van der Waals surface area contributed by atoms with Crippen LogP contribution in [0.4, 0.5) is 5.82 Å². The second kappa shape index (κ2) is 5.80. The summed E-state index contributed by atoms with van der Waals surface area (Å²) < 4.78 is 0. The van der Waals surface area contributed by atoms with E-state index in [9.17, 15) is 4.79 Å². The molecule has 0 atom stereocenters. The summed E-state index contributed by atoms with van der Waals surface area (Å²) in [5.74, 6) is 0.720. The van der Waals surface area contributed by atoms with E-state index in [2.05, 4.69) is 22.2 Å². The highest BCUT2D eigenvalue weighted by atomic mass is 16.2. The Morgan fingerprint density at radius 3 is 2.67 bits per heavy atom. The Hall–Kier alpha value is -1.65. The maximum absolute atomic E-state index is 12.2. The SMILES string of the molecule is CCCNc1cnc(C(=O)N(CC)C2CC2)cn1. The van der Waals surface area contributed by atoms with Gasteiger partial charge in [-0.15, -0.1) is 0 Å². The van der Waals surface area contributed by atoms with Gasteiger partial charge in [-0.1, -0.05) is 6.92 Å². The topological polar surface area (TPSA) is 58.1 Å². The number of rotatable bonds is 6. The number of hydrogen-bond acceptors (Lipinski definition) is 4. The molecule has 0 aromatic carbocycles. The van der Waals surface area contributed by atoms with Crippen molar-refractivity contribution in [2.75, 3.05) is 18.4 Å². The third-order valence-electron chi connectivity index (χ3n) is 3.02. The Balaban J connectivity index is 2.01. The van der Waals surface area contributed by atoms with Gasteiger partial charge in [0.1, 0.15) is 11.5 Å². The van der Waals surface area contributed by atoms with Gasteiger partial charge in [-0.3, -0.25) is 4.79 Å². The number of anilines is 1. The minimum Gasteiger partial charge on any atom is -0.369 e. The lowest BCUT2D eigenvalue weighted by Crippen LogP contribution is -2.33. The van der Waals surface area contributed by atoms with Crippen LogP contribution < -0.4 is 5.32 Å². The summed E-state index contributed by atoms with van der Waals surface area (Å²) in [5, 5.41) is 3.14. The van der Waals surface area contributed by atoms with Gasteiger partial charge in [0.2, 0.25) is 0 Å². The van der Waals surface area contributed by atoms with Crippen molar-refractivity contribution in [3.05, 3.63) is 18.1 Å². The van der Waals surface area contributed by atoms with E-state index in [-0.39, 0.29) is 5.91 Å². The lowest BCUT2D eigenvalue weighted by Gasteiger charge is -2.19. The summed E-state index contributed by atoms with van der Waals surface area (Å²) in [6, 6.07) is 0.419. The molecular formula is C13H20N4O. The third-order valence-corrected chi connectivity index (χ3v) is 3.02. The maximum atomic E-state index is 12.2. The van der Waals surface area contributed by atoms with Crippen molar-refractivity contribution in [3.63, 3.8) is 0 Å². The predicted octanol–water partition coefficient (Wildman–Crippen LogP) is 1.92. The molecule has 0 radical (unpaired) electrons. The molecule has 1 aliphatic carbocycles. The van der Waals surface area contributed by atoms with Crippen LogP contribution in [0, 0.1) is 0 Å². The molecule has 1 heterocycles. The van der Waals surface area contributed by atoms with E-state index in [0.717, 1.165) is 38.2 Å². The van der Waals surface area contributed by atoms with Gasteiger partial charge < -0.3 is 10.2 Å². The lowest BCUT2D eigenvalue weighted by atomic mass is 10.3. The van der Waals surface area contributed by atoms with Crippen LogP contribution in [0.3, 0.4) is 0 Å². The molecular weight excluding hydrogens is 228 g/mol. The lowest BCUT2D eigenvalue weighted by molar-refractivity contribution is 0.0746. The first-order valence-electron chi connectivity index (χ1n) is 6.63. The van der Waals surface area contributed by atoms with Crippen molar-refractivity contribution in [2.24, 2.45) is 0 Å². The van der Waals surface area contributed by atoms with Gasteiger partial charge in [-0.05, 0) is 26.2 Å². The average Bonchev–Trinajstić information content (AvgIpc) is 3.22. The summed E-state index contributed by atoms with van der Waals surface area (Å²) in [6.45, 7) is 5.69. The molecule has 0 spiro atoms. The number of hydrogen-bond donors (Lipinski definition) is 1. The Morgan fingerprint density at radius 1 is 1.39 bits per heavy atom. The summed E-state index contributed by atoms with van der Waals surface area (Å²) in [5.41, 5.74) is 0.436. The van der Waals surface area contributed by atoms with Crippen LogP contribution >= 0.6 is 0 Å². The Kier molecular flexibility index (Phi) is 4.12. The minimum atomic E-state index is -0.00505. The fraction of sp³-hybridized carbons (Fsp3) is 0.615. The third kappa shape index (κ3) is 2.97. The average molecular weight is 248 g/mol. The monoisotopic (exact) mass is 248 g/mol. The normalized spacial score (nSPS) is 14.3. The van der Waals surface area contributed by atoms with Crippen molar-refractivity contribution in [1.29, 1.82) is 0 Å². The number of nitrogens with one attached hydrogen (secondary N) is 1. The predicted molar refractivity (Wildman–Crippen MR) is 70.5 cm³/mol. The summed E-state index contributed by atoms with van der Waals surface area (Å²) in [4.78, 5) is 22.5. The fourth-order valence-electron chi connectivity index (χ4n) is 1.88. The molecule has 0 saturated heterocycles. The highest BCUT2D eigenvalue weighted by Gasteiger charge is 2.32. The van der Waals surface area contributed by atoms with Gasteiger partial charge in [-0.2, -0.15) is 0 Å². The van der Waals surface area contributed by atoms with Gasteiger partial charge in [-0.25, -0.2) is 9.97 Å². The first-order valence-corrected chi connectivity index (χ1v) is 6.63. The minimum absolute atomic E-state index is 0.00505. The Morgan fingerprint density at radius 2 is 2.17 bits per heavy atom. The van der Waals surface area contributed by atoms with Gasteiger partial charge in [0.05, 0.1) is 12.4 Å². The van der Waals surface area contributed by atoms with Crippen LogP contribution in [0.1, 0.15) is 43.6 Å². The van der Waals surface area contributed by atoms with Crippen molar-refractivity contribution in [2.45, 2.75) is 39.2 Å². The van der Waals surface area contributed by atoms with E-state index in [1.165, 1.54) is 0 Å². The molecule has 1 aromatic heterocycles. The number of carbonyl (C=O) groups is 1.